The maximum atomic E-state index is 4.23. The fourth-order valence-corrected chi connectivity index (χ4v) is 1.42. The highest BCUT2D eigenvalue weighted by molar-refractivity contribution is 4.84. The molecule has 1 aromatic heterocycles. The van der Waals surface area contributed by atoms with Gasteiger partial charge in [-0.05, 0) is 32.9 Å². The van der Waals surface area contributed by atoms with E-state index in [4.69, 9.17) is 0 Å². The molecule has 0 spiro atoms. The first-order valence-electron chi connectivity index (χ1n) is 5.45. The van der Waals surface area contributed by atoms with E-state index in [1.807, 2.05) is 4.68 Å². The van der Waals surface area contributed by atoms with Gasteiger partial charge in [0.05, 0.1) is 0 Å². The van der Waals surface area contributed by atoms with Crippen LogP contribution in [0.5, 0.6) is 0 Å². The van der Waals surface area contributed by atoms with Gasteiger partial charge in [0.15, 0.2) is 0 Å². The van der Waals surface area contributed by atoms with Crippen molar-refractivity contribution in [3.8, 4) is 0 Å². The van der Waals surface area contributed by atoms with Gasteiger partial charge in [-0.1, -0.05) is 6.92 Å². The van der Waals surface area contributed by atoms with E-state index in [1.165, 1.54) is 6.42 Å². The summed E-state index contributed by atoms with van der Waals surface area (Å²) in [5.74, 6) is 1.10. The lowest BCUT2D eigenvalue weighted by molar-refractivity contribution is 0.581. The van der Waals surface area contributed by atoms with Crippen LogP contribution < -0.4 is 5.32 Å². The molecule has 0 amide bonds. The van der Waals surface area contributed by atoms with Crippen LogP contribution in [-0.2, 0) is 13.0 Å². The maximum Gasteiger partial charge on any atom is 0.138 e. The molecule has 0 unspecified atom stereocenters. The summed E-state index contributed by atoms with van der Waals surface area (Å²) in [5, 5.41) is 7.51. The Bertz CT molecular complexity index is 244. The van der Waals surface area contributed by atoms with E-state index in [-0.39, 0.29) is 0 Å². The summed E-state index contributed by atoms with van der Waals surface area (Å²) >= 11 is 0. The molecule has 0 aliphatic heterocycles. The predicted molar refractivity (Wildman–Crippen MR) is 57.2 cm³/mol. The summed E-state index contributed by atoms with van der Waals surface area (Å²) in [6, 6.07) is 0. The van der Waals surface area contributed by atoms with Crippen LogP contribution in [0.25, 0.3) is 0 Å². The third kappa shape index (κ3) is 3.46. The summed E-state index contributed by atoms with van der Waals surface area (Å²) in [6.07, 6.45) is 4.99. The number of rotatable bonds is 7. The van der Waals surface area contributed by atoms with Crippen LogP contribution >= 0.6 is 0 Å². The summed E-state index contributed by atoms with van der Waals surface area (Å²) in [5.41, 5.74) is 0. The fraction of sp³-hybridized carbons (Fsp3) is 0.800. The average molecular weight is 196 g/mol. The van der Waals surface area contributed by atoms with E-state index >= 15 is 0 Å². The number of aryl methyl sites for hydroxylation is 2. The molecular weight excluding hydrogens is 176 g/mol. The average Bonchev–Trinajstić information content (AvgIpc) is 2.65. The van der Waals surface area contributed by atoms with Gasteiger partial charge in [-0.15, -0.1) is 0 Å². The predicted octanol–water partition coefficient (Wildman–Crippen LogP) is 1.23. The standard InChI is InChI=1S/C10H20N4/c1-3-7-11-8-5-6-10-12-9-13-14(10)4-2/h9,11H,3-8H2,1-2H3. The van der Waals surface area contributed by atoms with Crippen molar-refractivity contribution in [3.63, 3.8) is 0 Å². The first-order chi connectivity index (χ1) is 6.88. The van der Waals surface area contributed by atoms with E-state index in [1.54, 1.807) is 6.33 Å². The number of nitrogens with one attached hydrogen (secondary N) is 1. The van der Waals surface area contributed by atoms with Crippen molar-refractivity contribution in [1.29, 1.82) is 0 Å². The largest absolute Gasteiger partial charge is 0.317 e. The Labute approximate surface area is 85.7 Å². The Balaban J connectivity index is 2.17. The third-order valence-electron chi connectivity index (χ3n) is 2.18. The Morgan fingerprint density at radius 2 is 2.21 bits per heavy atom. The first-order valence-corrected chi connectivity index (χ1v) is 5.45. The highest BCUT2D eigenvalue weighted by atomic mass is 15.3. The van der Waals surface area contributed by atoms with Crippen molar-refractivity contribution in [1.82, 2.24) is 20.1 Å². The molecule has 4 heteroatoms. The lowest BCUT2D eigenvalue weighted by atomic mass is 10.3. The highest BCUT2D eigenvalue weighted by Gasteiger charge is 2.00. The molecule has 0 fully saturated rings. The highest BCUT2D eigenvalue weighted by Crippen LogP contribution is 1.97. The Kier molecular flexibility index (Phi) is 5.22. The molecule has 14 heavy (non-hydrogen) atoms. The number of aromatic nitrogens is 3. The lowest BCUT2D eigenvalue weighted by Gasteiger charge is -2.03. The molecule has 0 aromatic carbocycles. The normalized spacial score (nSPS) is 10.7. The molecule has 0 saturated heterocycles. The van der Waals surface area contributed by atoms with Crippen molar-refractivity contribution in [2.75, 3.05) is 13.1 Å². The topological polar surface area (TPSA) is 42.7 Å². The van der Waals surface area contributed by atoms with Gasteiger partial charge in [0.2, 0.25) is 0 Å². The molecular formula is C10H20N4. The van der Waals surface area contributed by atoms with Crippen LogP contribution in [0, 0.1) is 0 Å². The van der Waals surface area contributed by atoms with Crippen molar-refractivity contribution in [2.45, 2.75) is 39.7 Å². The van der Waals surface area contributed by atoms with Gasteiger partial charge in [0.25, 0.3) is 0 Å². The van der Waals surface area contributed by atoms with E-state index in [2.05, 4.69) is 29.2 Å². The number of hydrogen-bond donors (Lipinski definition) is 1. The zero-order chi connectivity index (χ0) is 10.2. The van der Waals surface area contributed by atoms with Crippen LogP contribution in [0.2, 0.25) is 0 Å². The summed E-state index contributed by atoms with van der Waals surface area (Å²) in [4.78, 5) is 4.23. The molecule has 4 nitrogen and oxygen atoms in total. The molecule has 80 valence electrons. The second-order valence-electron chi connectivity index (χ2n) is 3.35. The van der Waals surface area contributed by atoms with Gasteiger partial charge in [0.1, 0.15) is 12.2 Å². The second kappa shape index (κ2) is 6.54. The van der Waals surface area contributed by atoms with Crippen LogP contribution in [0.1, 0.15) is 32.5 Å². The van der Waals surface area contributed by atoms with Crippen molar-refractivity contribution < 1.29 is 0 Å². The molecule has 0 saturated carbocycles. The lowest BCUT2D eigenvalue weighted by Crippen LogP contribution is -2.17. The van der Waals surface area contributed by atoms with Crippen molar-refractivity contribution in [2.24, 2.45) is 0 Å². The van der Waals surface area contributed by atoms with Crippen molar-refractivity contribution >= 4 is 0 Å². The molecule has 0 bridgehead atoms. The zero-order valence-electron chi connectivity index (χ0n) is 9.16. The van der Waals surface area contributed by atoms with Gasteiger partial charge in [-0.2, -0.15) is 5.10 Å². The number of hydrogen-bond acceptors (Lipinski definition) is 3. The minimum atomic E-state index is 0.914. The fourth-order valence-electron chi connectivity index (χ4n) is 1.42. The molecule has 0 atom stereocenters. The van der Waals surface area contributed by atoms with Crippen molar-refractivity contribution in [3.05, 3.63) is 12.2 Å². The van der Waals surface area contributed by atoms with Crippen LogP contribution in [0.3, 0.4) is 0 Å². The SMILES string of the molecule is CCCNCCCc1ncnn1CC. The monoisotopic (exact) mass is 196 g/mol. The molecule has 0 aliphatic rings. The molecule has 1 rings (SSSR count). The molecule has 0 radical (unpaired) electrons. The third-order valence-corrected chi connectivity index (χ3v) is 2.18. The molecule has 0 aliphatic carbocycles. The van der Waals surface area contributed by atoms with Crippen LogP contribution in [0.15, 0.2) is 6.33 Å². The Morgan fingerprint density at radius 1 is 1.36 bits per heavy atom. The zero-order valence-corrected chi connectivity index (χ0v) is 9.16. The van der Waals surface area contributed by atoms with Gasteiger partial charge in [-0.3, -0.25) is 4.68 Å². The quantitative estimate of drug-likeness (QED) is 0.667. The van der Waals surface area contributed by atoms with E-state index in [9.17, 15) is 0 Å². The van der Waals surface area contributed by atoms with Crippen LogP contribution in [-0.4, -0.2) is 27.9 Å². The second-order valence-corrected chi connectivity index (χ2v) is 3.35. The van der Waals surface area contributed by atoms with Gasteiger partial charge in [-0.25, -0.2) is 4.98 Å². The summed E-state index contributed by atoms with van der Waals surface area (Å²) < 4.78 is 1.96. The van der Waals surface area contributed by atoms with E-state index in [0.717, 1.165) is 38.3 Å². The van der Waals surface area contributed by atoms with E-state index in [0.29, 0.717) is 0 Å². The first kappa shape index (κ1) is 11.2. The van der Waals surface area contributed by atoms with Gasteiger partial charge in [0, 0.05) is 13.0 Å². The van der Waals surface area contributed by atoms with Gasteiger partial charge >= 0.3 is 0 Å². The number of nitrogens with zero attached hydrogens (tertiary/aromatic N) is 3. The van der Waals surface area contributed by atoms with Crippen LogP contribution in [0.4, 0.5) is 0 Å². The smallest absolute Gasteiger partial charge is 0.138 e. The van der Waals surface area contributed by atoms with E-state index < -0.39 is 0 Å². The molecule has 1 heterocycles. The summed E-state index contributed by atoms with van der Waals surface area (Å²) in [6.45, 7) is 7.37. The minimum absolute atomic E-state index is 0.914. The Morgan fingerprint density at radius 3 is 2.93 bits per heavy atom. The Hall–Kier alpha value is -0.900. The molecule has 1 aromatic rings. The molecule has 1 N–H and O–H groups in total. The van der Waals surface area contributed by atoms with Gasteiger partial charge < -0.3 is 5.32 Å². The minimum Gasteiger partial charge on any atom is -0.317 e. The maximum absolute atomic E-state index is 4.23. The summed E-state index contributed by atoms with van der Waals surface area (Å²) in [7, 11) is 0.